The molecule has 1 atom stereocenters. The molecular weight excluding hydrogens is 376 g/mol. The lowest BCUT2D eigenvalue weighted by Crippen LogP contribution is -2.38. The summed E-state index contributed by atoms with van der Waals surface area (Å²) in [7, 11) is -1.94. The molecule has 0 radical (unpaired) electrons. The molecule has 0 saturated carbocycles. The van der Waals surface area contributed by atoms with E-state index in [-0.39, 0.29) is 10.9 Å². The van der Waals surface area contributed by atoms with Gasteiger partial charge in [-0.15, -0.1) is 0 Å². The number of aryl methyl sites for hydroxylation is 2. The van der Waals surface area contributed by atoms with Gasteiger partial charge in [0.25, 0.3) is 0 Å². The molecule has 0 bridgehead atoms. The van der Waals surface area contributed by atoms with Gasteiger partial charge in [-0.25, -0.2) is 13.4 Å². The third-order valence-corrected chi connectivity index (χ3v) is 7.10. The molecule has 4 rings (SSSR count). The standard InChI is InChI=1S/C20H24N4O3S/c1-15-19(14-23(2)22-15)28(25,26)24-11-7-6-10-18(24)20-21-13-17(27-20)12-16-8-4-3-5-9-16/h3-5,8-9,13-14,18H,6-7,10-12H2,1-2H3. The van der Waals surface area contributed by atoms with E-state index in [0.29, 0.717) is 31.0 Å². The zero-order valence-electron chi connectivity index (χ0n) is 16.1. The first-order chi connectivity index (χ1) is 13.4. The highest BCUT2D eigenvalue weighted by Gasteiger charge is 2.38. The third-order valence-electron chi connectivity index (χ3n) is 5.09. The van der Waals surface area contributed by atoms with E-state index in [1.807, 2.05) is 30.3 Å². The van der Waals surface area contributed by atoms with Crippen LogP contribution in [0.4, 0.5) is 0 Å². The van der Waals surface area contributed by atoms with Gasteiger partial charge in [0.2, 0.25) is 15.9 Å². The monoisotopic (exact) mass is 400 g/mol. The van der Waals surface area contributed by atoms with Crippen LogP contribution in [0.3, 0.4) is 0 Å². The SMILES string of the molecule is Cc1nn(C)cc1S(=O)(=O)N1CCCCC1c1ncc(Cc2ccccc2)o1. The Balaban J connectivity index is 1.62. The molecule has 1 aliphatic rings. The Morgan fingerprint density at radius 2 is 2.00 bits per heavy atom. The van der Waals surface area contributed by atoms with E-state index in [2.05, 4.69) is 10.1 Å². The van der Waals surface area contributed by atoms with Crippen LogP contribution in [-0.4, -0.2) is 34.0 Å². The number of rotatable bonds is 5. The molecule has 1 aromatic carbocycles. The van der Waals surface area contributed by atoms with E-state index in [9.17, 15) is 8.42 Å². The number of oxazole rings is 1. The lowest BCUT2D eigenvalue weighted by Gasteiger charge is -2.32. The Morgan fingerprint density at radius 3 is 2.71 bits per heavy atom. The predicted molar refractivity (Wildman–Crippen MR) is 104 cm³/mol. The molecule has 148 valence electrons. The third kappa shape index (κ3) is 3.62. The normalized spacial score (nSPS) is 18.4. The maximum Gasteiger partial charge on any atom is 0.247 e. The second-order valence-corrected chi connectivity index (χ2v) is 9.07. The van der Waals surface area contributed by atoms with Crippen LogP contribution in [0.2, 0.25) is 0 Å². The van der Waals surface area contributed by atoms with Crippen LogP contribution in [0.5, 0.6) is 0 Å². The number of benzene rings is 1. The summed E-state index contributed by atoms with van der Waals surface area (Å²) < 4.78 is 35.7. The molecule has 2 aromatic heterocycles. The Morgan fingerprint density at radius 1 is 1.21 bits per heavy atom. The first-order valence-corrected chi connectivity index (χ1v) is 10.9. The van der Waals surface area contributed by atoms with Crippen LogP contribution in [0.25, 0.3) is 0 Å². The van der Waals surface area contributed by atoms with Crippen LogP contribution >= 0.6 is 0 Å². The second kappa shape index (κ2) is 7.52. The summed E-state index contributed by atoms with van der Waals surface area (Å²) in [6.45, 7) is 2.17. The first-order valence-electron chi connectivity index (χ1n) is 9.46. The molecule has 1 saturated heterocycles. The number of nitrogens with zero attached hydrogens (tertiary/aromatic N) is 4. The molecule has 1 fully saturated rings. The van der Waals surface area contributed by atoms with E-state index >= 15 is 0 Å². The van der Waals surface area contributed by atoms with Crippen molar-refractivity contribution in [1.29, 1.82) is 0 Å². The van der Waals surface area contributed by atoms with Crippen molar-refractivity contribution in [2.45, 2.75) is 43.5 Å². The fraction of sp³-hybridized carbons (Fsp3) is 0.400. The van der Waals surface area contributed by atoms with Gasteiger partial charge in [0.15, 0.2) is 0 Å². The summed E-state index contributed by atoms with van der Waals surface area (Å²) in [5, 5.41) is 4.19. The lowest BCUT2D eigenvalue weighted by molar-refractivity contribution is 0.216. The van der Waals surface area contributed by atoms with Gasteiger partial charge in [-0.2, -0.15) is 9.40 Å². The van der Waals surface area contributed by atoms with Crippen LogP contribution in [-0.2, 0) is 23.5 Å². The van der Waals surface area contributed by atoms with Gasteiger partial charge in [-0.1, -0.05) is 36.8 Å². The van der Waals surface area contributed by atoms with Gasteiger partial charge in [-0.3, -0.25) is 4.68 Å². The molecule has 1 unspecified atom stereocenters. The maximum atomic E-state index is 13.3. The summed E-state index contributed by atoms with van der Waals surface area (Å²) >= 11 is 0. The largest absolute Gasteiger partial charge is 0.444 e. The van der Waals surface area contributed by atoms with Gasteiger partial charge < -0.3 is 4.42 Å². The van der Waals surface area contributed by atoms with Gasteiger partial charge in [0.05, 0.1) is 11.9 Å². The van der Waals surface area contributed by atoms with E-state index < -0.39 is 10.0 Å². The Hall–Kier alpha value is -2.45. The molecule has 28 heavy (non-hydrogen) atoms. The lowest BCUT2D eigenvalue weighted by atomic mass is 10.1. The fourth-order valence-electron chi connectivity index (χ4n) is 3.75. The van der Waals surface area contributed by atoms with E-state index in [1.54, 1.807) is 26.4 Å². The van der Waals surface area contributed by atoms with Crippen molar-refractivity contribution in [3.63, 3.8) is 0 Å². The summed E-state index contributed by atoms with van der Waals surface area (Å²) in [5.41, 5.74) is 1.63. The summed E-state index contributed by atoms with van der Waals surface area (Å²) in [6.07, 6.45) is 6.37. The summed E-state index contributed by atoms with van der Waals surface area (Å²) in [6, 6.07) is 9.62. The number of aromatic nitrogens is 3. The minimum atomic E-state index is -3.67. The van der Waals surface area contributed by atoms with Crippen molar-refractivity contribution in [2.24, 2.45) is 7.05 Å². The molecule has 0 amide bonds. The molecule has 7 nitrogen and oxygen atoms in total. The number of sulfonamides is 1. The van der Waals surface area contributed by atoms with Gasteiger partial charge in [-0.05, 0) is 25.3 Å². The van der Waals surface area contributed by atoms with E-state index in [0.717, 1.165) is 24.2 Å². The van der Waals surface area contributed by atoms with Gasteiger partial charge in [0.1, 0.15) is 16.7 Å². The molecule has 1 aliphatic heterocycles. The topological polar surface area (TPSA) is 81.2 Å². The Labute approximate surface area is 165 Å². The summed E-state index contributed by atoms with van der Waals surface area (Å²) in [5.74, 6) is 1.21. The number of piperidine rings is 1. The maximum absolute atomic E-state index is 13.3. The molecule has 0 spiro atoms. The van der Waals surface area contributed by atoms with Crippen molar-refractivity contribution in [2.75, 3.05) is 6.54 Å². The quantitative estimate of drug-likeness (QED) is 0.657. The Bertz CT molecular complexity index is 1060. The van der Waals surface area contributed by atoms with Gasteiger partial charge in [0, 0.05) is 26.2 Å². The molecular formula is C20H24N4O3S. The van der Waals surface area contributed by atoms with Gasteiger partial charge >= 0.3 is 0 Å². The van der Waals surface area contributed by atoms with Crippen molar-refractivity contribution >= 4 is 10.0 Å². The minimum absolute atomic E-state index is 0.248. The zero-order chi connectivity index (χ0) is 19.7. The summed E-state index contributed by atoms with van der Waals surface area (Å²) in [4.78, 5) is 4.68. The fourth-order valence-corrected chi connectivity index (χ4v) is 5.61. The first kappa shape index (κ1) is 18.9. The highest BCUT2D eigenvalue weighted by atomic mass is 32.2. The van der Waals surface area contributed by atoms with E-state index in [4.69, 9.17) is 4.42 Å². The predicted octanol–water partition coefficient (Wildman–Crippen LogP) is 3.22. The highest BCUT2D eigenvalue weighted by molar-refractivity contribution is 7.89. The Kier molecular flexibility index (Phi) is 5.07. The van der Waals surface area contributed by atoms with Crippen LogP contribution < -0.4 is 0 Å². The van der Waals surface area contributed by atoms with Crippen LogP contribution in [0, 0.1) is 6.92 Å². The number of hydrogen-bond donors (Lipinski definition) is 0. The second-order valence-electron chi connectivity index (χ2n) is 7.21. The molecule has 0 N–H and O–H groups in total. The van der Waals surface area contributed by atoms with Crippen molar-refractivity contribution < 1.29 is 12.8 Å². The zero-order valence-corrected chi connectivity index (χ0v) is 16.9. The average Bonchev–Trinajstić information content (AvgIpc) is 3.29. The van der Waals surface area contributed by atoms with E-state index in [1.165, 1.54) is 8.99 Å². The highest BCUT2D eigenvalue weighted by Crippen LogP contribution is 2.35. The van der Waals surface area contributed by atoms with Crippen molar-refractivity contribution in [1.82, 2.24) is 19.1 Å². The molecule has 0 aliphatic carbocycles. The molecule has 8 heteroatoms. The molecule has 3 heterocycles. The number of hydrogen-bond acceptors (Lipinski definition) is 5. The van der Waals surface area contributed by atoms with Crippen LogP contribution in [0.15, 0.2) is 52.0 Å². The molecule has 3 aromatic rings. The van der Waals surface area contributed by atoms with Crippen LogP contribution in [0.1, 0.15) is 48.2 Å². The smallest absolute Gasteiger partial charge is 0.247 e. The average molecular weight is 401 g/mol. The van der Waals surface area contributed by atoms with Crippen molar-refractivity contribution in [3.05, 3.63) is 65.6 Å². The minimum Gasteiger partial charge on any atom is -0.444 e. The van der Waals surface area contributed by atoms with Crippen molar-refractivity contribution in [3.8, 4) is 0 Å².